The van der Waals surface area contributed by atoms with Gasteiger partial charge in [-0.2, -0.15) is 0 Å². The summed E-state index contributed by atoms with van der Waals surface area (Å²) in [5.74, 6) is 0.619. The van der Waals surface area contributed by atoms with Crippen LogP contribution in [0.2, 0.25) is 0 Å². The van der Waals surface area contributed by atoms with Gasteiger partial charge in [-0.3, -0.25) is 4.79 Å². The molecule has 2 aromatic rings. The summed E-state index contributed by atoms with van der Waals surface area (Å²) in [7, 11) is 2.98. The predicted molar refractivity (Wildman–Crippen MR) is 84.1 cm³/mol. The van der Waals surface area contributed by atoms with Gasteiger partial charge in [0.25, 0.3) is 0 Å². The highest BCUT2D eigenvalue weighted by molar-refractivity contribution is 5.72. The third-order valence-electron chi connectivity index (χ3n) is 3.37. The van der Waals surface area contributed by atoms with Gasteiger partial charge in [-0.1, -0.05) is 42.5 Å². The quantitative estimate of drug-likeness (QED) is 0.737. The average molecular weight is 300 g/mol. The van der Waals surface area contributed by atoms with Gasteiger partial charge < -0.3 is 14.2 Å². The van der Waals surface area contributed by atoms with Crippen LogP contribution in [0.5, 0.6) is 11.5 Å². The van der Waals surface area contributed by atoms with E-state index in [1.54, 1.807) is 7.11 Å². The third-order valence-corrected chi connectivity index (χ3v) is 3.37. The number of para-hydroxylation sites is 2. The summed E-state index contributed by atoms with van der Waals surface area (Å²) in [6, 6.07) is 17.2. The van der Waals surface area contributed by atoms with E-state index in [0.29, 0.717) is 17.9 Å². The van der Waals surface area contributed by atoms with E-state index in [4.69, 9.17) is 14.2 Å². The van der Waals surface area contributed by atoms with E-state index >= 15 is 0 Å². The van der Waals surface area contributed by atoms with Crippen LogP contribution < -0.4 is 9.47 Å². The van der Waals surface area contributed by atoms with Crippen molar-refractivity contribution >= 4 is 5.97 Å². The molecule has 1 unspecified atom stereocenters. The molecule has 116 valence electrons. The first kappa shape index (κ1) is 15.9. The highest BCUT2D eigenvalue weighted by Crippen LogP contribution is 2.26. The Kier molecular flexibility index (Phi) is 5.83. The van der Waals surface area contributed by atoms with Crippen molar-refractivity contribution in [3.63, 3.8) is 0 Å². The van der Waals surface area contributed by atoms with Crippen LogP contribution in [0.25, 0.3) is 0 Å². The van der Waals surface area contributed by atoms with Crippen LogP contribution in [0.4, 0.5) is 0 Å². The van der Waals surface area contributed by atoms with Crippen LogP contribution >= 0.6 is 0 Å². The number of hydrogen-bond donors (Lipinski definition) is 0. The SMILES string of the molecule is COC(=O)C(COc1ccccc1OC)Cc1ccccc1. The topological polar surface area (TPSA) is 44.8 Å². The summed E-state index contributed by atoms with van der Waals surface area (Å²) in [5, 5.41) is 0. The lowest BCUT2D eigenvalue weighted by Crippen LogP contribution is -2.25. The molecule has 22 heavy (non-hydrogen) atoms. The molecule has 0 heterocycles. The first-order valence-electron chi connectivity index (χ1n) is 7.12. The minimum atomic E-state index is -0.364. The molecular weight excluding hydrogens is 280 g/mol. The largest absolute Gasteiger partial charge is 0.493 e. The lowest BCUT2D eigenvalue weighted by atomic mass is 10.0. The van der Waals surface area contributed by atoms with Crippen molar-refractivity contribution in [3.8, 4) is 11.5 Å². The summed E-state index contributed by atoms with van der Waals surface area (Å²) >= 11 is 0. The molecule has 1 atom stereocenters. The first-order valence-corrected chi connectivity index (χ1v) is 7.12. The second-order valence-electron chi connectivity index (χ2n) is 4.87. The van der Waals surface area contributed by atoms with Gasteiger partial charge in [0, 0.05) is 0 Å². The van der Waals surface area contributed by atoms with E-state index in [1.165, 1.54) is 7.11 Å². The Hall–Kier alpha value is -2.49. The fourth-order valence-electron chi connectivity index (χ4n) is 2.20. The van der Waals surface area contributed by atoms with Crippen molar-refractivity contribution in [1.29, 1.82) is 0 Å². The molecule has 0 saturated heterocycles. The number of hydrogen-bond acceptors (Lipinski definition) is 4. The van der Waals surface area contributed by atoms with Crippen molar-refractivity contribution in [2.24, 2.45) is 5.92 Å². The second kappa shape index (κ2) is 8.08. The standard InChI is InChI=1S/C18H20O4/c1-20-16-10-6-7-11-17(16)22-13-15(18(19)21-2)12-14-8-4-3-5-9-14/h3-11,15H,12-13H2,1-2H3. The number of ether oxygens (including phenoxy) is 3. The van der Waals surface area contributed by atoms with Crippen LogP contribution in [-0.4, -0.2) is 26.8 Å². The van der Waals surface area contributed by atoms with Gasteiger partial charge in [-0.05, 0) is 24.1 Å². The molecule has 0 spiro atoms. The molecule has 0 amide bonds. The molecular formula is C18H20O4. The summed E-state index contributed by atoms with van der Waals surface area (Å²) in [6.45, 7) is 0.238. The van der Waals surface area contributed by atoms with Crippen LogP contribution in [0.15, 0.2) is 54.6 Å². The van der Waals surface area contributed by atoms with E-state index in [0.717, 1.165) is 5.56 Å². The lowest BCUT2D eigenvalue weighted by Gasteiger charge is -2.17. The zero-order valence-corrected chi connectivity index (χ0v) is 12.8. The average Bonchev–Trinajstić information content (AvgIpc) is 2.59. The predicted octanol–water partition coefficient (Wildman–Crippen LogP) is 3.11. The summed E-state index contributed by atoms with van der Waals surface area (Å²) in [4.78, 5) is 12.0. The molecule has 0 N–H and O–H groups in total. The van der Waals surface area contributed by atoms with Crippen LogP contribution in [0, 0.1) is 5.92 Å². The Morgan fingerprint density at radius 2 is 1.59 bits per heavy atom. The van der Waals surface area contributed by atoms with E-state index in [1.807, 2.05) is 54.6 Å². The molecule has 4 nitrogen and oxygen atoms in total. The number of rotatable bonds is 7. The van der Waals surface area contributed by atoms with Gasteiger partial charge in [-0.15, -0.1) is 0 Å². The fraction of sp³-hybridized carbons (Fsp3) is 0.278. The molecule has 2 aromatic carbocycles. The van der Waals surface area contributed by atoms with Crippen molar-refractivity contribution in [3.05, 3.63) is 60.2 Å². The minimum Gasteiger partial charge on any atom is -0.493 e. The highest BCUT2D eigenvalue weighted by Gasteiger charge is 2.21. The number of carbonyl (C=O) groups excluding carboxylic acids is 1. The summed E-state index contributed by atoms with van der Waals surface area (Å²) in [5.41, 5.74) is 1.07. The molecule has 0 aliphatic carbocycles. The zero-order chi connectivity index (χ0) is 15.8. The van der Waals surface area contributed by atoms with Gasteiger partial charge in [-0.25, -0.2) is 0 Å². The summed E-state index contributed by atoms with van der Waals surface area (Å²) < 4.78 is 15.9. The van der Waals surface area contributed by atoms with Gasteiger partial charge in [0.1, 0.15) is 6.61 Å². The lowest BCUT2D eigenvalue weighted by molar-refractivity contribution is -0.146. The second-order valence-corrected chi connectivity index (χ2v) is 4.87. The van der Waals surface area contributed by atoms with Gasteiger partial charge in [0.15, 0.2) is 11.5 Å². The van der Waals surface area contributed by atoms with Crippen molar-refractivity contribution in [1.82, 2.24) is 0 Å². The monoisotopic (exact) mass is 300 g/mol. The zero-order valence-electron chi connectivity index (χ0n) is 12.8. The Morgan fingerprint density at radius 3 is 2.23 bits per heavy atom. The molecule has 0 radical (unpaired) electrons. The van der Waals surface area contributed by atoms with Gasteiger partial charge >= 0.3 is 5.97 Å². The van der Waals surface area contributed by atoms with Gasteiger partial charge in [0.05, 0.1) is 20.1 Å². The molecule has 4 heteroatoms. The maximum Gasteiger partial charge on any atom is 0.312 e. The van der Waals surface area contributed by atoms with E-state index in [9.17, 15) is 4.79 Å². The van der Waals surface area contributed by atoms with Crippen LogP contribution in [-0.2, 0) is 16.0 Å². The maximum atomic E-state index is 12.0. The normalized spacial score (nSPS) is 11.5. The Balaban J connectivity index is 2.05. The number of methoxy groups -OCH3 is 2. The molecule has 0 aromatic heterocycles. The van der Waals surface area contributed by atoms with Crippen LogP contribution in [0.3, 0.4) is 0 Å². The fourth-order valence-corrected chi connectivity index (χ4v) is 2.20. The molecule has 0 aliphatic heterocycles. The Bertz CT molecular complexity index is 595. The number of esters is 1. The Morgan fingerprint density at radius 1 is 0.955 bits per heavy atom. The molecule has 0 bridgehead atoms. The van der Waals surface area contributed by atoms with E-state index < -0.39 is 0 Å². The third kappa shape index (κ3) is 4.25. The van der Waals surface area contributed by atoms with E-state index in [-0.39, 0.29) is 18.5 Å². The van der Waals surface area contributed by atoms with Crippen molar-refractivity contribution < 1.29 is 19.0 Å². The smallest absolute Gasteiger partial charge is 0.312 e. The summed E-state index contributed by atoms with van der Waals surface area (Å²) in [6.07, 6.45) is 0.572. The number of benzene rings is 2. The van der Waals surface area contributed by atoms with Gasteiger partial charge in [0.2, 0.25) is 0 Å². The molecule has 0 fully saturated rings. The number of carbonyl (C=O) groups is 1. The minimum absolute atomic E-state index is 0.238. The van der Waals surface area contributed by atoms with E-state index in [2.05, 4.69) is 0 Å². The van der Waals surface area contributed by atoms with Crippen molar-refractivity contribution in [2.75, 3.05) is 20.8 Å². The molecule has 0 aliphatic rings. The first-order chi connectivity index (χ1) is 10.7. The maximum absolute atomic E-state index is 12.0. The highest BCUT2D eigenvalue weighted by atomic mass is 16.5. The molecule has 0 saturated carbocycles. The van der Waals surface area contributed by atoms with Crippen molar-refractivity contribution in [2.45, 2.75) is 6.42 Å². The Labute approximate surface area is 130 Å². The molecule has 2 rings (SSSR count). The van der Waals surface area contributed by atoms with Crippen LogP contribution in [0.1, 0.15) is 5.56 Å².